The van der Waals surface area contributed by atoms with Crippen LogP contribution in [0.3, 0.4) is 0 Å². The van der Waals surface area contributed by atoms with E-state index in [-0.39, 0.29) is 6.61 Å². The summed E-state index contributed by atoms with van der Waals surface area (Å²) in [7, 11) is 0. The Hall–Kier alpha value is -1.33. The van der Waals surface area contributed by atoms with Crippen LogP contribution < -0.4 is 4.90 Å². The monoisotopic (exact) mass is 249 g/mol. The Balaban J connectivity index is 2.06. The van der Waals surface area contributed by atoms with Crippen molar-refractivity contribution >= 4 is 22.1 Å². The number of rotatable bonds is 5. The zero-order valence-electron chi connectivity index (χ0n) is 9.54. The van der Waals surface area contributed by atoms with Gasteiger partial charge >= 0.3 is 0 Å². The Bertz CT molecular complexity index is 541. The molecule has 4 nitrogen and oxygen atoms in total. The van der Waals surface area contributed by atoms with E-state index in [0.717, 1.165) is 23.0 Å². The fraction of sp³-hybridized carbons (Fsp3) is 0.417. The van der Waals surface area contributed by atoms with Gasteiger partial charge in [-0.25, -0.2) is 4.98 Å². The van der Waals surface area contributed by atoms with Crippen LogP contribution in [0.15, 0.2) is 24.2 Å². The Morgan fingerprint density at radius 1 is 1.65 bits per heavy atom. The number of aliphatic hydroxyl groups excluding tert-OH is 1. The lowest BCUT2D eigenvalue weighted by molar-refractivity contribution is 0.276. The van der Waals surface area contributed by atoms with E-state index in [0.29, 0.717) is 6.04 Å². The first-order valence-corrected chi connectivity index (χ1v) is 6.66. The molecule has 2 aromatic heterocycles. The summed E-state index contributed by atoms with van der Waals surface area (Å²) in [4.78, 5) is 7.81. The number of fused-ring (bicyclic) bond motifs is 1. The van der Waals surface area contributed by atoms with Crippen LogP contribution in [0.5, 0.6) is 0 Å². The van der Waals surface area contributed by atoms with Crippen molar-refractivity contribution in [1.82, 2.24) is 9.38 Å². The molecule has 90 valence electrons. The van der Waals surface area contributed by atoms with Gasteiger partial charge in [0.05, 0.1) is 12.3 Å². The topological polar surface area (TPSA) is 40.8 Å². The minimum Gasteiger partial charge on any atom is -0.390 e. The van der Waals surface area contributed by atoms with Crippen molar-refractivity contribution in [2.24, 2.45) is 0 Å². The minimum absolute atomic E-state index is 0.0214. The van der Waals surface area contributed by atoms with Gasteiger partial charge in [-0.05, 0) is 12.8 Å². The van der Waals surface area contributed by atoms with Crippen molar-refractivity contribution in [3.05, 3.63) is 29.9 Å². The van der Waals surface area contributed by atoms with Crippen LogP contribution in [-0.2, 0) is 6.61 Å². The normalized spacial score (nSPS) is 15.4. The van der Waals surface area contributed by atoms with E-state index in [1.54, 1.807) is 11.3 Å². The fourth-order valence-corrected chi connectivity index (χ4v) is 2.86. The van der Waals surface area contributed by atoms with E-state index in [2.05, 4.69) is 16.5 Å². The molecule has 0 saturated heterocycles. The van der Waals surface area contributed by atoms with Gasteiger partial charge < -0.3 is 10.0 Å². The number of anilines is 1. The lowest BCUT2D eigenvalue weighted by Gasteiger charge is -2.21. The highest BCUT2D eigenvalue weighted by atomic mass is 32.1. The second-order valence-electron chi connectivity index (χ2n) is 4.27. The Kier molecular flexibility index (Phi) is 2.64. The third-order valence-corrected chi connectivity index (χ3v) is 3.83. The van der Waals surface area contributed by atoms with Crippen molar-refractivity contribution in [2.75, 3.05) is 11.4 Å². The van der Waals surface area contributed by atoms with Crippen LogP contribution in [0.25, 0.3) is 4.96 Å². The highest BCUT2D eigenvalue weighted by Crippen LogP contribution is 2.34. The van der Waals surface area contributed by atoms with E-state index in [1.165, 1.54) is 12.8 Å². The van der Waals surface area contributed by atoms with Gasteiger partial charge in [0.25, 0.3) is 0 Å². The molecule has 0 amide bonds. The van der Waals surface area contributed by atoms with E-state index >= 15 is 0 Å². The van der Waals surface area contributed by atoms with E-state index in [1.807, 2.05) is 22.1 Å². The van der Waals surface area contributed by atoms with Crippen molar-refractivity contribution < 1.29 is 5.11 Å². The molecule has 0 spiro atoms. The molecule has 0 radical (unpaired) electrons. The summed E-state index contributed by atoms with van der Waals surface area (Å²) < 4.78 is 1.97. The van der Waals surface area contributed by atoms with E-state index in [9.17, 15) is 5.11 Å². The number of aliphatic hydroxyl groups is 1. The Labute approximate surface area is 104 Å². The number of hydrogen-bond donors (Lipinski definition) is 1. The van der Waals surface area contributed by atoms with Crippen molar-refractivity contribution in [3.63, 3.8) is 0 Å². The van der Waals surface area contributed by atoms with Gasteiger partial charge in [-0.2, -0.15) is 0 Å². The van der Waals surface area contributed by atoms with Crippen LogP contribution >= 0.6 is 11.3 Å². The molecule has 1 fully saturated rings. The van der Waals surface area contributed by atoms with Crippen LogP contribution in [0.4, 0.5) is 5.82 Å². The third-order valence-electron chi connectivity index (χ3n) is 3.08. The zero-order valence-corrected chi connectivity index (χ0v) is 10.4. The SMILES string of the molecule is C=CCN(c1nc2sccn2c1CO)C1CC1. The lowest BCUT2D eigenvalue weighted by atomic mass is 10.3. The molecule has 0 aromatic carbocycles. The van der Waals surface area contributed by atoms with E-state index in [4.69, 9.17) is 0 Å². The van der Waals surface area contributed by atoms with Crippen LogP contribution in [0, 0.1) is 0 Å². The Morgan fingerprint density at radius 2 is 2.47 bits per heavy atom. The van der Waals surface area contributed by atoms with Crippen molar-refractivity contribution in [3.8, 4) is 0 Å². The quantitative estimate of drug-likeness (QED) is 0.824. The second-order valence-corrected chi connectivity index (χ2v) is 5.14. The van der Waals surface area contributed by atoms with Crippen molar-refractivity contribution in [2.45, 2.75) is 25.5 Å². The summed E-state index contributed by atoms with van der Waals surface area (Å²) in [5, 5.41) is 11.5. The van der Waals surface area contributed by atoms with Gasteiger partial charge in [0.15, 0.2) is 10.8 Å². The summed E-state index contributed by atoms with van der Waals surface area (Å²) in [6.45, 7) is 4.61. The molecule has 0 bridgehead atoms. The molecule has 17 heavy (non-hydrogen) atoms. The molecule has 5 heteroatoms. The standard InChI is InChI=1S/C12H15N3OS/c1-2-5-14(9-3-4-9)11-10(8-16)15-6-7-17-12(15)13-11/h2,6-7,9,16H,1,3-5,8H2. The molecule has 1 aliphatic rings. The molecule has 1 saturated carbocycles. The van der Waals surface area contributed by atoms with Gasteiger partial charge in [-0.1, -0.05) is 6.08 Å². The van der Waals surface area contributed by atoms with Crippen LogP contribution in [0.2, 0.25) is 0 Å². The summed E-state index contributed by atoms with van der Waals surface area (Å²) in [5.41, 5.74) is 0.884. The smallest absolute Gasteiger partial charge is 0.195 e. The van der Waals surface area contributed by atoms with E-state index < -0.39 is 0 Å². The molecular formula is C12H15N3OS. The first-order valence-electron chi connectivity index (χ1n) is 5.78. The molecule has 1 aliphatic carbocycles. The first kappa shape index (κ1) is 10.8. The average Bonchev–Trinajstić information content (AvgIpc) is 2.96. The number of hydrogen-bond acceptors (Lipinski definition) is 4. The van der Waals surface area contributed by atoms with Crippen LogP contribution in [-0.4, -0.2) is 27.1 Å². The van der Waals surface area contributed by atoms with Gasteiger partial charge in [-0.15, -0.1) is 17.9 Å². The molecule has 2 heterocycles. The van der Waals surface area contributed by atoms with Crippen molar-refractivity contribution in [1.29, 1.82) is 0 Å². The lowest BCUT2D eigenvalue weighted by Crippen LogP contribution is -2.27. The number of thiazole rings is 1. The molecule has 0 aliphatic heterocycles. The predicted molar refractivity (Wildman–Crippen MR) is 69.6 cm³/mol. The summed E-state index contributed by atoms with van der Waals surface area (Å²) in [6.07, 6.45) is 6.28. The van der Waals surface area contributed by atoms with Gasteiger partial charge in [0.1, 0.15) is 0 Å². The largest absolute Gasteiger partial charge is 0.390 e. The van der Waals surface area contributed by atoms with Gasteiger partial charge in [-0.3, -0.25) is 4.40 Å². The third kappa shape index (κ3) is 1.75. The first-order chi connectivity index (χ1) is 8.35. The highest BCUT2D eigenvalue weighted by Gasteiger charge is 2.31. The molecular weight excluding hydrogens is 234 g/mol. The Morgan fingerprint density at radius 3 is 3.12 bits per heavy atom. The zero-order chi connectivity index (χ0) is 11.8. The molecule has 1 N–H and O–H groups in total. The summed E-state index contributed by atoms with van der Waals surface area (Å²) in [5.74, 6) is 0.918. The average molecular weight is 249 g/mol. The second kappa shape index (κ2) is 4.16. The number of imidazole rings is 1. The molecule has 0 atom stereocenters. The minimum atomic E-state index is 0.0214. The summed E-state index contributed by atoms with van der Waals surface area (Å²) in [6, 6.07) is 0.572. The highest BCUT2D eigenvalue weighted by molar-refractivity contribution is 7.15. The summed E-state index contributed by atoms with van der Waals surface area (Å²) >= 11 is 1.59. The van der Waals surface area contributed by atoms with Crippen LogP contribution in [0.1, 0.15) is 18.5 Å². The molecule has 2 aromatic rings. The number of aromatic nitrogens is 2. The predicted octanol–water partition coefficient (Wildman–Crippen LogP) is 2.04. The maximum atomic E-state index is 9.53. The maximum absolute atomic E-state index is 9.53. The fourth-order valence-electron chi connectivity index (χ4n) is 2.13. The molecule has 0 unspecified atom stereocenters. The molecule has 3 rings (SSSR count). The maximum Gasteiger partial charge on any atom is 0.195 e. The van der Waals surface area contributed by atoms with Gasteiger partial charge in [0, 0.05) is 24.2 Å². The van der Waals surface area contributed by atoms with Gasteiger partial charge in [0.2, 0.25) is 0 Å². The number of nitrogens with zero attached hydrogens (tertiary/aromatic N) is 3.